The van der Waals surface area contributed by atoms with Crippen LogP contribution in [0.15, 0.2) is 63.9 Å². The minimum absolute atomic E-state index is 0.0186. The highest BCUT2D eigenvalue weighted by atomic mass is 32.2. The lowest BCUT2D eigenvalue weighted by Gasteiger charge is -2.33. The fraction of sp³-hybridized carbons (Fsp3) is 0.136. The molecule has 2 heterocycles. The molecule has 1 aliphatic heterocycles. The summed E-state index contributed by atoms with van der Waals surface area (Å²) in [6.45, 7) is 1.68. The lowest BCUT2D eigenvalue weighted by Crippen LogP contribution is -2.36. The van der Waals surface area contributed by atoms with Gasteiger partial charge in [-0.15, -0.1) is 0 Å². The maximum Gasteiger partial charge on any atom is 0.379 e. The molecule has 1 aromatic heterocycles. The number of rotatable bonds is 4. The number of hydrogen-bond acceptors (Lipinski definition) is 6. The molecule has 1 fully saturated rings. The Morgan fingerprint density at radius 2 is 1.84 bits per heavy atom. The van der Waals surface area contributed by atoms with Crippen LogP contribution >= 0.6 is 0 Å². The first kappa shape index (κ1) is 19.5. The van der Waals surface area contributed by atoms with Crippen molar-refractivity contribution in [3.05, 3.63) is 66.2 Å². The monoisotopic (exact) mass is 440 g/mol. The van der Waals surface area contributed by atoms with Gasteiger partial charge in [-0.2, -0.15) is 0 Å². The van der Waals surface area contributed by atoms with E-state index in [1.54, 1.807) is 30.3 Å². The third-order valence-electron chi connectivity index (χ3n) is 5.31. The van der Waals surface area contributed by atoms with Gasteiger partial charge in [0.05, 0.1) is 10.3 Å². The van der Waals surface area contributed by atoms with Gasteiger partial charge in [0.15, 0.2) is 0 Å². The summed E-state index contributed by atoms with van der Waals surface area (Å²) in [5.41, 5.74) is 0.926. The minimum Gasteiger partial charge on any atom is -0.449 e. The molecular formula is C22H17FN2O5S. The Morgan fingerprint density at radius 1 is 1.06 bits per heavy atom. The van der Waals surface area contributed by atoms with E-state index in [4.69, 9.17) is 14.3 Å². The molecule has 9 heteroatoms. The van der Waals surface area contributed by atoms with Crippen molar-refractivity contribution in [1.29, 1.82) is 0 Å². The normalized spacial score (nSPS) is 14.1. The summed E-state index contributed by atoms with van der Waals surface area (Å²) >= 11 is 0. The third kappa shape index (κ3) is 3.51. The van der Waals surface area contributed by atoms with Crippen LogP contribution in [-0.4, -0.2) is 27.5 Å². The van der Waals surface area contributed by atoms with Gasteiger partial charge in [0.1, 0.15) is 17.1 Å². The van der Waals surface area contributed by atoms with E-state index in [-0.39, 0.29) is 27.4 Å². The first-order valence-corrected chi connectivity index (χ1v) is 11.1. The standard InChI is InChI=1S/C22H17FN2O5S/c23-18-9-14(25-6-3-7-25)10-19-17(18)12-20(30-19)22(26)29-15-8-13-4-1-2-5-16(13)21(11-15)31(24,27)28/h1-2,4-5,8-12H,3,6-7H2,(H2,24,27,28). The van der Waals surface area contributed by atoms with Gasteiger partial charge in [-0.05, 0) is 23.9 Å². The Labute approximate surface area is 176 Å². The number of carbonyl (C=O) groups is 1. The van der Waals surface area contributed by atoms with Crippen molar-refractivity contribution in [3.8, 4) is 5.75 Å². The summed E-state index contributed by atoms with van der Waals surface area (Å²) in [6.07, 6.45) is 1.04. The minimum atomic E-state index is -4.06. The molecule has 0 bridgehead atoms. The van der Waals surface area contributed by atoms with E-state index in [2.05, 4.69) is 0 Å². The fourth-order valence-corrected chi connectivity index (χ4v) is 4.41. The Morgan fingerprint density at radius 3 is 2.55 bits per heavy atom. The highest BCUT2D eigenvalue weighted by Crippen LogP contribution is 2.32. The molecule has 0 saturated carbocycles. The molecule has 158 valence electrons. The largest absolute Gasteiger partial charge is 0.449 e. The van der Waals surface area contributed by atoms with E-state index in [1.165, 1.54) is 24.3 Å². The summed E-state index contributed by atoms with van der Waals surface area (Å²) in [6, 6.07) is 13.8. The van der Waals surface area contributed by atoms with Crippen LogP contribution in [0.3, 0.4) is 0 Å². The van der Waals surface area contributed by atoms with Gasteiger partial charge in [-0.1, -0.05) is 24.3 Å². The van der Waals surface area contributed by atoms with Crippen LogP contribution in [0.4, 0.5) is 10.1 Å². The number of anilines is 1. The average molecular weight is 440 g/mol. The molecule has 2 N–H and O–H groups in total. The predicted molar refractivity (Wildman–Crippen MR) is 113 cm³/mol. The van der Waals surface area contributed by atoms with Gasteiger partial charge in [-0.3, -0.25) is 0 Å². The molecule has 0 atom stereocenters. The lowest BCUT2D eigenvalue weighted by molar-refractivity contribution is 0.0703. The molecule has 0 radical (unpaired) electrons. The summed E-state index contributed by atoms with van der Waals surface area (Å²) in [5.74, 6) is -1.59. The van der Waals surface area contributed by atoms with Gasteiger partial charge in [0.25, 0.3) is 0 Å². The number of nitrogens with zero attached hydrogens (tertiary/aromatic N) is 1. The highest BCUT2D eigenvalue weighted by Gasteiger charge is 2.22. The Balaban J connectivity index is 1.51. The molecule has 0 amide bonds. The molecule has 4 aromatic rings. The lowest BCUT2D eigenvalue weighted by atomic mass is 10.1. The number of ether oxygens (including phenoxy) is 1. The van der Waals surface area contributed by atoms with Crippen LogP contribution in [0.1, 0.15) is 17.0 Å². The summed E-state index contributed by atoms with van der Waals surface area (Å²) < 4.78 is 49.4. The van der Waals surface area contributed by atoms with Crippen LogP contribution in [0.2, 0.25) is 0 Å². The SMILES string of the molecule is NS(=O)(=O)c1cc(OC(=O)c2cc3c(F)cc(N4CCC4)cc3o2)cc2ccccc12. The van der Waals surface area contributed by atoms with Crippen molar-refractivity contribution in [2.75, 3.05) is 18.0 Å². The van der Waals surface area contributed by atoms with Crippen LogP contribution < -0.4 is 14.8 Å². The second-order valence-corrected chi connectivity index (χ2v) is 8.90. The zero-order valence-corrected chi connectivity index (χ0v) is 17.0. The van der Waals surface area contributed by atoms with Crippen molar-refractivity contribution in [3.63, 3.8) is 0 Å². The number of carbonyl (C=O) groups excluding carboxylic acids is 1. The van der Waals surface area contributed by atoms with E-state index < -0.39 is 21.8 Å². The molecule has 0 unspecified atom stereocenters. The van der Waals surface area contributed by atoms with Gasteiger partial charge in [0.2, 0.25) is 15.8 Å². The topological polar surface area (TPSA) is 103 Å². The van der Waals surface area contributed by atoms with Crippen LogP contribution in [-0.2, 0) is 10.0 Å². The number of hydrogen-bond donors (Lipinski definition) is 1. The quantitative estimate of drug-likeness (QED) is 0.382. The molecule has 31 heavy (non-hydrogen) atoms. The number of sulfonamides is 1. The van der Waals surface area contributed by atoms with E-state index in [0.29, 0.717) is 16.5 Å². The maximum atomic E-state index is 14.5. The van der Waals surface area contributed by atoms with Gasteiger partial charge >= 0.3 is 5.97 Å². The molecule has 1 saturated heterocycles. The molecule has 3 aromatic carbocycles. The number of fused-ring (bicyclic) bond motifs is 2. The number of nitrogens with two attached hydrogens (primary N) is 1. The fourth-order valence-electron chi connectivity index (χ4n) is 3.64. The second-order valence-electron chi connectivity index (χ2n) is 7.37. The molecule has 1 aliphatic rings. The zero-order valence-electron chi connectivity index (χ0n) is 16.2. The Bertz CT molecular complexity index is 1460. The number of primary sulfonamides is 1. The summed E-state index contributed by atoms with van der Waals surface area (Å²) in [4.78, 5) is 14.5. The average Bonchev–Trinajstić information content (AvgIpc) is 3.10. The highest BCUT2D eigenvalue weighted by molar-refractivity contribution is 7.89. The van der Waals surface area contributed by atoms with E-state index >= 15 is 0 Å². The summed E-state index contributed by atoms with van der Waals surface area (Å²) in [7, 11) is -4.06. The van der Waals surface area contributed by atoms with E-state index in [9.17, 15) is 17.6 Å². The molecule has 5 rings (SSSR count). The molecular weight excluding hydrogens is 423 g/mol. The molecule has 0 aliphatic carbocycles. The number of esters is 1. The predicted octanol–water partition coefficient (Wildman–Crippen LogP) is 3.80. The first-order valence-electron chi connectivity index (χ1n) is 9.55. The second kappa shape index (κ2) is 7.07. The van der Waals surface area contributed by atoms with Crippen LogP contribution in [0.5, 0.6) is 5.75 Å². The van der Waals surface area contributed by atoms with Crippen molar-refractivity contribution in [2.24, 2.45) is 5.14 Å². The number of benzene rings is 3. The van der Waals surface area contributed by atoms with Gasteiger partial charge in [0, 0.05) is 42.4 Å². The van der Waals surface area contributed by atoms with E-state index in [0.717, 1.165) is 19.5 Å². The smallest absolute Gasteiger partial charge is 0.379 e. The van der Waals surface area contributed by atoms with Crippen molar-refractivity contribution >= 4 is 43.4 Å². The van der Waals surface area contributed by atoms with Gasteiger partial charge < -0.3 is 14.1 Å². The first-order chi connectivity index (χ1) is 14.8. The summed E-state index contributed by atoms with van der Waals surface area (Å²) in [5, 5.41) is 6.44. The number of furan rings is 1. The van der Waals surface area contributed by atoms with Crippen LogP contribution in [0.25, 0.3) is 21.7 Å². The zero-order chi connectivity index (χ0) is 21.8. The van der Waals surface area contributed by atoms with Crippen LogP contribution in [0, 0.1) is 5.82 Å². The van der Waals surface area contributed by atoms with Crippen molar-refractivity contribution in [1.82, 2.24) is 0 Å². The maximum absolute atomic E-state index is 14.5. The van der Waals surface area contributed by atoms with Crippen molar-refractivity contribution in [2.45, 2.75) is 11.3 Å². The van der Waals surface area contributed by atoms with Crippen molar-refractivity contribution < 1.29 is 26.8 Å². The third-order valence-corrected chi connectivity index (χ3v) is 6.26. The van der Waals surface area contributed by atoms with Gasteiger partial charge in [-0.25, -0.2) is 22.7 Å². The number of halogens is 1. The van der Waals surface area contributed by atoms with E-state index in [1.807, 2.05) is 4.90 Å². The Kier molecular flexibility index (Phi) is 4.45. The molecule has 7 nitrogen and oxygen atoms in total. The molecule has 0 spiro atoms. The Hall–Kier alpha value is -3.43.